The van der Waals surface area contributed by atoms with Crippen molar-refractivity contribution in [1.82, 2.24) is 5.32 Å². The molecule has 2 aromatic carbocycles. The predicted molar refractivity (Wildman–Crippen MR) is 92.8 cm³/mol. The lowest BCUT2D eigenvalue weighted by molar-refractivity contribution is 0.0944. The molecule has 0 fully saturated rings. The van der Waals surface area contributed by atoms with Gasteiger partial charge in [-0.2, -0.15) is 0 Å². The molecule has 4 nitrogen and oxygen atoms in total. The highest BCUT2D eigenvalue weighted by molar-refractivity contribution is 6.30. The minimum atomic E-state index is -0.233. The molecule has 2 aromatic rings. The molecule has 2 rings (SSSR count). The molecular formula is C18H18ClNO3. The van der Waals surface area contributed by atoms with Crippen LogP contribution in [0.4, 0.5) is 0 Å². The van der Waals surface area contributed by atoms with Crippen LogP contribution < -0.4 is 10.1 Å². The Bertz CT molecular complexity index is 696. The Morgan fingerprint density at radius 2 is 1.96 bits per heavy atom. The average molecular weight is 332 g/mol. The van der Waals surface area contributed by atoms with Gasteiger partial charge in [0.05, 0.1) is 13.7 Å². The molecule has 0 unspecified atom stereocenters. The highest BCUT2D eigenvalue weighted by atomic mass is 35.5. The number of amides is 1. The summed E-state index contributed by atoms with van der Waals surface area (Å²) in [6.07, 6.45) is 3.80. The lowest BCUT2D eigenvalue weighted by atomic mass is 10.1. The quantitative estimate of drug-likeness (QED) is 0.799. The first kappa shape index (κ1) is 17.1. The number of methoxy groups -OCH3 is 1. The average Bonchev–Trinajstić information content (AvgIpc) is 2.58. The molecule has 0 spiro atoms. The topological polar surface area (TPSA) is 58.6 Å². The largest absolute Gasteiger partial charge is 0.496 e. The van der Waals surface area contributed by atoms with Crippen LogP contribution in [0.25, 0.3) is 12.2 Å². The van der Waals surface area contributed by atoms with Crippen LogP contribution in [0.5, 0.6) is 5.75 Å². The van der Waals surface area contributed by atoms with Crippen molar-refractivity contribution in [3.63, 3.8) is 0 Å². The van der Waals surface area contributed by atoms with Crippen molar-refractivity contribution in [3.05, 3.63) is 64.2 Å². The van der Waals surface area contributed by atoms with Crippen molar-refractivity contribution in [3.8, 4) is 5.75 Å². The molecule has 0 aromatic heterocycles. The molecular weight excluding hydrogens is 314 g/mol. The fourth-order valence-electron chi connectivity index (χ4n) is 2.04. The highest BCUT2D eigenvalue weighted by Gasteiger charge is 2.08. The molecule has 2 N–H and O–H groups in total. The fourth-order valence-corrected chi connectivity index (χ4v) is 2.16. The smallest absolute Gasteiger partial charge is 0.251 e. The first-order valence-electron chi connectivity index (χ1n) is 7.15. The number of rotatable bonds is 6. The van der Waals surface area contributed by atoms with Gasteiger partial charge in [0.25, 0.3) is 5.91 Å². The molecule has 23 heavy (non-hydrogen) atoms. The second kappa shape index (κ2) is 8.36. The standard InChI is InChI=1S/C18H18ClNO3/c1-23-17-9-6-15(18(22)20-10-11-21)12-14(17)5-2-13-3-7-16(19)8-4-13/h2-9,12,21H,10-11H2,1H3,(H,20,22)/b5-2+. The molecule has 1 amide bonds. The van der Waals surface area contributed by atoms with Gasteiger partial charge in [0.2, 0.25) is 0 Å². The van der Waals surface area contributed by atoms with Crippen LogP contribution in [0, 0.1) is 0 Å². The normalized spacial score (nSPS) is 10.7. The maximum Gasteiger partial charge on any atom is 0.251 e. The Kier molecular flexibility index (Phi) is 6.20. The number of carbonyl (C=O) groups is 1. The van der Waals surface area contributed by atoms with Gasteiger partial charge < -0.3 is 15.2 Å². The Morgan fingerprint density at radius 1 is 1.22 bits per heavy atom. The zero-order chi connectivity index (χ0) is 16.7. The predicted octanol–water partition coefficient (Wildman–Crippen LogP) is 3.24. The van der Waals surface area contributed by atoms with E-state index in [0.29, 0.717) is 16.3 Å². The molecule has 0 aliphatic rings. The monoisotopic (exact) mass is 331 g/mol. The third-order valence-corrected chi connectivity index (χ3v) is 3.47. The Morgan fingerprint density at radius 3 is 2.61 bits per heavy atom. The van der Waals surface area contributed by atoms with Crippen LogP contribution in [0.2, 0.25) is 5.02 Å². The summed E-state index contributed by atoms with van der Waals surface area (Å²) in [5.41, 5.74) is 2.29. The molecule has 0 atom stereocenters. The van der Waals surface area contributed by atoms with E-state index in [1.54, 1.807) is 25.3 Å². The van der Waals surface area contributed by atoms with E-state index in [1.807, 2.05) is 36.4 Å². The Labute approximate surface area is 140 Å². The van der Waals surface area contributed by atoms with Crippen LogP contribution in [-0.4, -0.2) is 31.3 Å². The van der Waals surface area contributed by atoms with Crippen LogP contribution in [-0.2, 0) is 0 Å². The number of nitrogens with one attached hydrogen (secondary N) is 1. The zero-order valence-corrected chi connectivity index (χ0v) is 13.5. The van der Waals surface area contributed by atoms with E-state index in [4.69, 9.17) is 21.4 Å². The second-order valence-electron chi connectivity index (χ2n) is 4.82. The van der Waals surface area contributed by atoms with Crippen LogP contribution in [0.1, 0.15) is 21.5 Å². The third-order valence-electron chi connectivity index (χ3n) is 3.21. The highest BCUT2D eigenvalue weighted by Crippen LogP contribution is 2.23. The van der Waals surface area contributed by atoms with E-state index in [2.05, 4.69) is 5.32 Å². The molecule has 0 aliphatic carbocycles. The van der Waals surface area contributed by atoms with Crippen molar-refractivity contribution in [2.24, 2.45) is 0 Å². The number of carbonyl (C=O) groups excluding carboxylic acids is 1. The molecule has 0 radical (unpaired) electrons. The molecule has 5 heteroatoms. The molecule has 0 saturated carbocycles. The van der Waals surface area contributed by atoms with Crippen molar-refractivity contribution in [2.75, 3.05) is 20.3 Å². The van der Waals surface area contributed by atoms with E-state index in [1.165, 1.54) is 0 Å². The van der Waals surface area contributed by atoms with Gasteiger partial charge in [-0.25, -0.2) is 0 Å². The summed E-state index contributed by atoms with van der Waals surface area (Å²) in [5, 5.41) is 12.1. The van der Waals surface area contributed by atoms with Gasteiger partial charge in [-0.3, -0.25) is 4.79 Å². The number of ether oxygens (including phenoxy) is 1. The van der Waals surface area contributed by atoms with Crippen LogP contribution in [0.15, 0.2) is 42.5 Å². The summed E-state index contributed by atoms with van der Waals surface area (Å²) in [6.45, 7) is 0.131. The summed E-state index contributed by atoms with van der Waals surface area (Å²) < 4.78 is 5.32. The van der Waals surface area contributed by atoms with Gasteiger partial charge >= 0.3 is 0 Å². The number of aliphatic hydroxyl groups excluding tert-OH is 1. The number of aliphatic hydroxyl groups is 1. The number of hydrogen-bond donors (Lipinski definition) is 2. The molecule has 0 aliphatic heterocycles. The lowest BCUT2D eigenvalue weighted by Gasteiger charge is -2.08. The molecule has 120 valence electrons. The summed E-state index contributed by atoms with van der Waals surface area (Å²) >= 11 is 5.87. The van der Waals surface area contributed by atoms with Gasteiger partial charge in [0.1, 0.15) is 5.75 Å². The summed E-state index contributed by atoms with van der Waals surface area (Å²) in [6, 6.07) is 12.6. The lowest BCUT2D eigenvalue weighted by Crippen LogP contribution is -2.26. The molecule has 0 bridgehead atoms. The first-order valence-corrected chi connectivity index (χ1v) is 7.52. The van der Waals surface area contributed by atoms with Crippen LogP contribution >= 0.6 is 11.6 Å². The number of halogens is 1. The molecule has 0 saturated heterocycles. The fraction of sp³-hybridized carbons (Fsp3) is 0.167. The van der Waals surface area contributed by atoms with E-state index in [9.17, 15) is 4.79 Å². The van der Waals surface area contributed by atoms with Crippen molar-refractivity contribution < 1.29 is 14.6 Å². The Balaban J connectivity index is 2.24. The first-order chi connectivity index (χ1) is 11.1. The zero-order valence-electron chi connectivity index (χ0n) is 12.8. The van der Waals surface area contributed by atoms with E-state index in [-0.39, 0.29) is 19.1 Å². The molecule has 0 heterocycles. The maximum atomic E-state index is 12.0. The third kappa shape index (κ3) is 4.84. The van der Waals surface area contributed by atoms with Crippen molar-refractivity contribution in [2.45, 2.75) is 0 Å². The number of hydrogen-bond acceptors (Lipinski definition) is 3. The van der Waals surface area contributed by atoms with Gasteiger partial charge in [-0.05, 0) is 35.9 Å². The minimum Gasteiger partial charge on any atom is -0.496 e. The van der Waals surface area contributed by atoms with Crippen LogP contribution in [0.3, 0.4) is 0 Å². The van der Waals surface area contributed by atoms with Crippen molar-refractivity contribution >= 4 is 29.7 Å². The van der Waals surface area contributed by atoms with E-state index < -0.39 is 0 Å². The summed E-state index contributed by atoms with van der Waals surface area (Å²) in [5.74, 6) is 0.441. The van der Waals surface area contributed by atoms with Gasteiger partial charge in [-0.15, -0.1) is 0 Å². The summed E-state index contributed by atoms with van der Waals surface area (Å²) in [7, 11) is 1.58. The van der Waals surface area contributed by atoms with Crippen molar-refractivity contribution in [1.29, 1.82) is 0 Å². The van der Waals surface area contributed by atoms with Gasteiger partial charge in [0.15, 0.2) is 0 Å². The minimum absolute atomic E-state index is 0.0920. The second-order valence-corrected chi connectivity index (χ2v) is 5.26. The van der Waals surface area contributed by atoms with E-state index in [0.717, 1.165) is 11.1 Å². The maximum absolute atomic E-state index is 12.0. The van der Waals surface area contributed by atoms with Gasteiger partial charge in [-0.1, -0.05) is 35.9 Å². The number of benzene rings is 2. The Hall–Kier alpha value is -2.30. The van der Waals surface area contributed by atoms with E-state index >= 15 is 0 Å². The van der Waals surface area contributed by atoms with Gasteiger partial charge in [0, 0.05) is 22.7 Å². The SMILES string of the molecule is COc1ccc(C(=O)NCCO)cc1/C=C/c1ccc(Cl)cc1. The summed E-state index contributed by atoms with van der Waals surface area (Å²) in [4.78, 5) is 12.0.